The van der Waals surface area contributed by atoms with E-state index in [0.29, 0.717) is 17.6 Å². The van der Waals surface area contributed by atoms with Gasteiger partial charge in [-0.05, 0) is 36.5 Å². The highest BCUT2D eigenvalue weighted by atomic mass is 19.1. The summed E-state index contributed by atoms with van der Waals surface area (Å²) in [5.41, 5.74) is 2.77. The van der Waals surface area contributed by atoms with Crippen LogP contribution in [0.2, 0.25) is 0 Å². The molecule has 2 heterocycles. The van der Waals surface area contributed by atoms with Gasteiger partial charge in [0.25, 0.3) is 0 Å². The molecule has 30 heavy (non-hydrogen) atoms. The van der Waals surface area contributed by atoms with Gasteiger partial charge in [0, 0.05) is 30.1 Å². The van der Waals surface area contributed by atoms with E-state index >= 15 is 0 Å². The molecule has 1 aromatic carbocycles. The summed E-state index contributed by atoms with van der Waals surface area (Å²) in [7, 11) is 0. The fourth-order valence-electron chi connectivity index (χ4n) is 3.78. The molecule has 0 aliphatic heterocycles. The highest BCUT2D eigenvalue weighted by Gasteiger charge is 2.15. The van der Waals surface area contributed by atoms with Crippen molar-refractivity contribution in [3.63, 3.8) is 0 Å². The van der Waals surface area contributed by atoms with Crippen LogP contribution >= 0.6 is 0 Å². The minimum atomic E-state index is -0.277. The molecule has 1 saturated carbocycles. The molecule has 1 fully saturated rings. The Morgan fingerprint density at radius 1 is 1.00 bits per heavy atom. The summed E-state index contributed by atoms with van der Waals surface area (Å²) >= 11 is 0. The number of hydrogen-bond acceptors (Lipinski definition) is 6. The van der Waals surface area contributed by atoms with Crippen LogP contribution in [-0.4, -0.2) is 21.5 Å². The van der Waals surface area contributed by atoms with Gasteiger partial charge in [0.2, 0.25) is 0 Å². The Balaban J connectivity index is 1.59. The van der Waals surface area contributed by atoms with Crippen LogP contribution in [0.25, 0.3) is 11.1 Å². The maximum absolute atomic E-state index is 13.8. The first-order chi connectivity index (χ1) is 14.7. The maximum Gasteiger partial charge on any atom is 0.158 e. The Morgan fingerprint density at radius 2 is 1.83 bits per heavy atom. The summed E-state index contributed by atoms with van der Waals surface area (Å²) in [4.78, 5) is 12.7. The van der Waals surface area contributed by atoms with E-state index in [2.05, 4.69) is 25.6 Å². The van der Waals surface area contributed by atoms with Gasteiger partial charge in [-0.3, -0.25) is 0 Å². The van der Waals surface area contributed by atoms with Gasteiger partial charge in [-0.25, -0.2) is 19.3 Å². The Bertz CT molecular complexity index is 1040. The molecule has 7 heteroatoms. The van der Waals surface area contributed by atoms with Crippen molar-refractivity contribution >= 4 is 17.3 Å². The van der Waals surface area contributed by atoms with Crippen molar-refractivity contribution in [2.45, 2.75) is 32.1 Å². The predicted octanol–water partition coefficient (Wildman–Crippen LogP) is 5.29. The molecular formula is C23H23FN6. The fourth-order valence-corrected chi connectivity index (χ4v) is 3.78. The van der Waals surface area contributed by atoms with Crippen molar-refractivity contribution in [3.8, 4) is 17.2 Å². The molecule has 1 aliphatic rings. The summed E-state index contributed by atoms with van der Waals surface area (Å²) in [5.74, 6) is 1.47. The van der Waals surface area contributed by atoms with Crippen LogP contribution in [0.15, 0.2) is 48.9 Å². The second-order valence-corrected chi connectivity index (χ2v) is 7.53. The number of anilines is 3. The van der Waals surface area contributed by atoms with Gasteiger partial charge in [-0.15, -0.1) is 0 Å². The molecule has 2 aromatic heterocycles. The smallest absolute Gasteiger partial charge is 0.158 e. The van der Waals surface area contributed by atoms with Crippen LogP contribution in [0.3, 0.4) is 0 Å². The van der Waals surface area contributed by atoms with Crippen LogP contribution in [0.4, 0.5) is 21.7 Å². The predicted molar refractivity (Wildman–Crippen MR) is 115 cm³/mol. The van der Waals surface area contributed by atoms with Crippen LogP contribution in [0.5, 0.6) is 0 Å². The van der Waals surface area contributed by atoms with Gasteiger partial charge in [-0.2, -0.15) is 5.26 Å². The van der Waals surface area contributed by atoms with Crippen LogP contribution in [0, 0.1) is 23.1 Å². The molecule has 0 unspecified atom stereocenters. The molecule has 0 atom stereocenters. The standard InChI is InChI=1S/C23H23FN6/c24-18-8-4-7-17(9-18)20-14-29-22(30-23-15-26-19(11-25)13-28-23)10-21(20)27-12-16-5-2-1-3-6-16/h4,7-10,13-16H,1-3,5-6,12H2,(H2,27,28,29,30). The van der Waals surface area contributed by atoms with Gasteiger partial charge in [0.1, 0.15) is 23.5 Å². The lowest BCUT2D eigenvalue weighted by Crippen LogP contribution is -2.17. The second-order valence-electron chi connectivity index (χ2n) is 7.53. The lowest BCUT2D eigenvalue weighted by molar-refractivity contribution is 0.373. The third kappa shape index (κ3) is 4.90. The molecule has 0 radical (unpaired) electrons. The number of halogens is 1. The topological polar surface area (TPSA) is 86.5 Å². The number of hydrogen-bond donors (Lipinski definition) is 2. The van der Waals surface area contributed by atoms with Crippen molar-refractivity contribution in [2.75, 3.05) is 17.2 Å². The average molecular weight is 402 g/mol. The number of pyridine rings is 1. The van der Waals surface area contributed by atoms with Crippen molar-refractivity contribution < 1.29 is 4.39 Å². The molecule has 152 valence electrons. The molecular weight excluding hydrogens is 379 g/mol. The molecule has 0 saturated heterocycles. The number of rotatable bonds is 6. The zero-order chi connectivity index (χ0) is 20.8. The number of benzene rings is 1. The largest absolute Gasteiger partial charge is 0.384 e. The highest BCUT2D eigenvalue weighted by molar-refractivity contribution is 5.79. The van der Waals surface area contributed by atoms with E-state index < -0.39 is 0 Å². The molecule has 3 aromatic rings. The summed E-state index contributed by atoms with van der Waals surface area (Å²) < 4.78 is 13.8. The van der Waals surface area contributed by atoms with Crippen molar-refractivity contribution in [1.29, 1.82) is 5.26 Å². The molecule has 1 aliphatic carbocycles. The first kappa shape index (κ1) is 19.8. The van der Waals surface area contributed by atoms with Gasteiger partial charge in [0.05, 0.1) is 12.4 Å². The van der Waals surface area contributed by atoms with E-state index in [1.54, 1.807) is 12.3 Å². The van der Waals surface area contributed by atoms with Crippen molar-refractivity contribution in [1.82, 2.24) is 15.0 Å². The minimum absolute atomic E-state index is 0.254. The summed E-state index contributed by atoms with van der Waals surface area (Å²) in [6.45, 7) is 0.877. The van der Waals surface area contributed by atoms with Crippen molar-refractivity contribution in [2.24, 2.45) is 5.92 Å². The molecule has 4 rings (SSSR count). The number of nitrogens with one attached hydrogen (secondary N) is 2. The third-order valence-electron chi connectivity index (χ3n) is 5.37. The molecule has 6 nitrogen and oxygen atoms in total. The second kappa shape index (κ2) is 9.31. The van der Waals surface area contributed by atoms with E-state index in [4.69, 9.17) is 5.26 Å². The van der Waals surface area contributed by atoms with Crippen LogP contribution in [0.1, 0.15) is 37.8 Å². The van der Waals surface area contributed by atoms with E-state index in [0.717, 1.165) is 23.4 Å². The molecule has 0 amide bonds. The maximum atomic E-state index is 13.8. The average Bonchev–Trinajstić information content (AvgIpc) is 2.79. The van der Waals surface area contributed by atoms with Crippen LogP contribution < -0.4 is 10.6 Å². The van der Waals surface area contributed by atoms with Gasteiger partial charge >= 0.3 is 0 Å². The summed E-state index contributed by atoms with van der Waals surface area (Å²) in [5, 5.41) is 15.5. The number of nitrogens with zero attached hydrogens (tertiary/aromatic N) is 4. The van der Waals surface area contributed by atoms with Gasteiger partial charge in [0.15, 0.2) is 5.69 Å². The van der Waals surface area contributed by atoms with E-state index in [-0.39, 0.29) is 11.5 Å². The molecule has 2 N–H and O–H groups in total. The van der Waals surface area contributed by atoms with E-state index in [1.807, 2.05) is 18.2 Å². The zero-order valence-electron chi connectivity index (χ0n) is 16.6. The molecule has 0 spiro atoms. The third-order valence-corrected chi connectivity index (χ3v) is 5.37. The first-order valence-electron chi connectivity index (χ1n) is 10.2. The highest BCUT2D eigenvalue weighted by Crippen LogP contribution is 2.32. The molecule has 0 bridgehead atoms. The van der Waals surface area contributed by atoms with Crippen LogP contribution in [-0.2, 0) is 0 Å². The fraction of sp³-hybridized carbons (Fsp3) is 0.304. The Kier molecular flexibility index (Phi) is 6.14. The number of nitriles is 1. The first-order valence-corrected chi connectivity index (χ1v) is 10.2. The lowest BCUT2D eigenvalue weighted by Gasteiger charge is -2.23. The van der Waals surface area contributed by atoms with E-state index in [1.165, 1.54) is 56.6 Å². The van der Waals surface area contributed by atoms with Gasteiger partial charge < -0.3 is 10.6 Å². The Morgan fingerprint density at radius 3 is 2.57 bits per heavy atom. The summed E-state index contributed by atoms with van der Waals surface area (Å²) in [6.07, 6.45) is 11.0. The zero-order valence-corrected chi connectivity index (χ0v) is 16.6. The van der Waals surface area contributed by atoms with Crippen molar-refractivity contribution in [3.05, 3.63) is 60.4 Å². The number of aromatic nitrogens is 3. The Labute approximate surface area is 175 Å². The van der Waals surface area contributed by atoms with Gasteiger partial charge in [-0.1, -0.05) is 31.4 Å². The normalized spacial score (nSPS) is 14.1. The SMILES string of the molecule is N#Cc1cnc(Nc2cc(NCC3CCCCC3)c(-c3cccc(F)c3)cn2)cn1. The monoisotopic (exact) mass is 402 g/mol. The minimum Gasteiger partial charge on any atom is -0.384 e. The Hall–Kier alpha value is -3.53. The van der Waals surface area contributed by atoms with E-state index in [9.17, 15) is 4.39 Å². The summed E-state index contributed by atoms with van der Waals surface area (Å²) in [6, 6.07) is 10.4. The lowest BCUT2D eigenvalue weighted by atomic mass is 9.89. The quantitative estimate of drug-likeness (QED) is 0.583.